The Morgan fingerprint density at radius 3 is 2.75 bits per heavy atom. The highest BCUT2D eigenvalue weighted by Gasteiger charge is 2.39. The minimum absolute atomic E-state index is 0.267. The van der Waals surface area contributed by atoms with E-state index in [-0.39, 0.29) is 11.5 Å². The lowest BCUT2D eigenvalue weighted by Crippen LogP contribution is -1.99. The Morgan fingerprint density at radius 1 is 1.45 bits per heavy atom. The second-order valence-electron chi connectivity index (χ2n) is 5.14. The summed E-state index contributed by atoms with van der Waals surface area (Å²) in [6.07, 6.45) is 1.06. The van der Waals surface area contributed by atoms with Crippen molar-refractivity contribution in [2.75, 3.05) is 5.32 Å². The number of rotatable bonds is 4. The smallest absolute Gasteiger partial charge is 0.232 e. The van der Waals surface area contributed by atoms with E-state index in [9.17, 15) is 4.39 Å². The van der Waals surface area contributed by atoms with E-state index in [0.29, 0.717) is 30.2 Å². The summed E-state index contributed by atoms with van der Waals surface area (Å²) in [6.45, 7) is 2.59. The second-order valence-corrected chi connectivity index (χ2v) is 5.14. The van der Waals surface area contributed by atoms with Crippen LogP contribution < -0.4 is 5.32 Å². The van der Waals surface area contributed by atoms with Crippen molar-refractivity contribution in [3.05, 3.63) is 47.2 Å². The number of nitriles is 1. The molecule has 1 aromatic carbocycles. The van der Waals surface area contributed by atoms with E-state index in [0.717, 1.165) is 12.0 Å². The number of halogens is 1. The van der Waals surface area contributed by atoms with Gasteiger partial charge in [0.2, 0.25) is 17.5 Å². The first kappa shape index (κ1) is 12.7. The highest BCUT2D eigenvalue weighted by molar-refractivity contribution is 5.46. The monoisotopic (exact) mass is 271 g/mol. The van der Waals surface area contributed by atoms with Crippen LogP contribution in [0.15, 0.2) is 28.7 Å². The third-order valence-electron chi connectivity index (χ3n) is 3.54. The number of hydrogen-bond donors (Lipinski definition) is 1. The summed E-state index contributed by atoms with van der Waals surface area (Å²) < 4.78 is 18.4. The van der Waals surface area contributed by atoms with Crippen LogP contribution in [0.1, 0.15) is 36.4 Å². The van der Waals surface area contributed by atoms with E-state index in [4.69, 9.17) is 9.68 Å². The largest absolute Gasteiger partial charge is 0.424 e. The maximum Gasteiger partial charge on any atom is 0.232 e. The average Bonchev–Trinajstić information content (AvgIpc) is 3.03. The van der Waals surface area contributed by atoms with Crippen LogP contribution in [0, 0.1) is 23.1 Å². The van der Waals surface area contributed by atoms with Crippen LogP contribution >= 0.6 is 0 Å². The minimum atomic E-state index is -0.267. The molecule has 1 aliphatic carbocycles. The van der Waals surface area contributed by atoms with Gasteiger partial charge in [-0.25, -0.2) is 9.37 Å². The number of benzene rings is 1. The third kappa shape index (κ3) is 2.50. The molecule has 1 saturated carbocycles. The molecule has 102 valence electrons. The molecule has 0 saturated heterocycles. The molecule has 2 aromatic rings. The fraction of sp³-hybridized carbons (Fsp3) is 0.333. The van der Waals surface area contributed by atoms with Crippen molar-refractivity contribution in [3.63, 3.8) is 0 Å². The molecular formula is C15H14FN3O. The molecule has 1 fully saturated rings. The van der Waals surface area contributed by atoms with Crippen LogP contribution in [0.4, 0.5) is 10.3 Å². The number of nitrogens with zero attached hydrogens (tertiary/aromatic N) is 2. The fourth-order valence-corrected chi connectivity index (χ4v) is 2.14. The van der Waals surface area contributed by atoms with Gasteiger partial charge in [0.05, 0.1) is 0 Å². The van der Waals surface area contributed by atoms with Gasteiger partial charge in [-0.1, -0.05) is 19.1 Å². The molecule has 0 radical (unpaired) electrons. The molecule has 1 N–H and O–H groups in total. The van der Waals surface area contributed by atoms with Crippen molar-refractivity contribution >= 4 is 5.88 Å². The van der Waals surface area contributed by atoms with E-state index in [2.05, 4.69) is 17.2 Å². The Labute approximate surface area is 116 Å². The third-order valence-corrected chi connectivity index (χ3v) is 3.54. The van der Waals surface area contributed by atoms with E-state index in [1.165, 1.54) is 12.1 Å². The molecule has 4 nitrogen and oxygen atoms in total. The molecule has 0 amide bonds. The summed E-state index contributed by atoms with van der Waals surface area (Å²) >= 11 is 0. The lowest BCUT2D eigenvalue weighted by molar-refractivity contribution is 0.501. The average molecular weight is 271 g/mol. The van der Waals surface area contributed by atoms with Crippen molar-refractivity contribution in [3.8, 4) is 6.07 Å². The lowest BCUT2D eigenvalue weighted by atomic mass is 10.2. The summed E-state index contributed by atoms with van der Waals surface area (Å²) in [5.74, 6) is 1.67. The Bertz CT molecular complexity index is 657. The molecule has 20 heavy (non-hydrogen) atoms. The van der Waals surface area contributed by atoms with Crippen molar-refractivity contribution < 1.29 is 8.81 Å². The van der Waals surface area contributed by atoms with Gasteiger partial charge in [-0.2, -0.15) is 5.26 Å². The maximum absolute atomic E-state index is 12.8. The number of nitrogens with one attached hydrogen (secondary N) is 1. The number of oxazole rings is 1. The minimum Gasteiger partial charge on any atom is -0.424 e. The zero-order chi connectivity index (χ0) is 14.1. The van der Waals surface area contributed by atoms with Gasteiger partial charge < -0.3 is 9.73 Å². The van der Waals surface area contributed by atoms with E-state index in [1.54, 1.807) is 12.1 Å². The van der Waals surface area contributed by atoms with Gasteiger partial charge in [-0.05, 0) is 30.0 Å². The SMILES string of the molecule is CC1CC1c1nc(C#N)c(NCc2ccc(F)cc2)o1. The molecule has 1 aliphatic rings. The van der Waals surface area contributed by atoms with Crippen LogP contribution in [0.25, 0.3) is 0 Å². The maximum atomic E-state index is 12.8. The normalized spacial score (nSPS) is 20.4. The van der Waals surface area contributed by atoms with Crippen molar-refractivity contribution in [2.24, 2.45) is 5.92 Å². The predicted molar refractivity (Wildman–Crippen MR) is 71.5 cm³/mol. The molecule has 5 heteroatoms. The molecule has 0 spiro atoms. The Hall–Kier alpha value is -2.35. The van der Waals surface area contributed by atoms with E-state index < -0.39 is 0 Å². The molecular weight excluding hydrogens is 257 g/mol. The topological polar surface area (TPSA) is 61.9 Å². The summed E-state index contributed by atoms with van der Waals surface area (Å²) in [4.78, 5) is 4.22. The zero-order valence-electron chi connectivity index (χ0n) is 11.1. The van der Waals surface area contributed by atoms with Crippen LogP contribution in [0.2, 0.25) is 0 Å². The first-order valence-electron chi connectivity index (χ1n) is 6.56. The van der Waals surface area contributed by atoms with Gasteiger partial charge in [0, 0.05) is 12.5 Å². The summed E-state index contributed by atoms with van der Waals surface area (Å²) in [5.41, 5.74) is 1.19. The van der Waals surface area contributed by atoms with Crippen LogP contribution in [-0.2, 0) is 6.54 Å². The lowest BCUT2D eigenvalue weighted by Gasteiger charge is -2.03. The highest BCUT2D eigenvalue weighted by Crippen LogP contribution is 2.47. The highest BCUT2D eigenvalue weighted by atomic mass is 19.1. The van der Waals surface area contributed by atoms with E-state index >= 15 is 0 Å². The summed E-state index contributed by atoms with van der Waals surface area (Å²) in [5, 5.41) is 12.1. The predicted octanol–water partition coefficient (Wildman–Crippen LogP) is 3.42. The van der Waals surface area contributed by atoms with Gasteiger partial charge in [0.15, 0.2) is 0 Å². The summed E-state index contributed by atoms with van der Waals surface area (Å²) in [7, 11) is 0. The number of anilines is 1. The first-order valence-corrected chi connectivity index (χ1v) is 6.56. The van der Waals surface area contributed by atoms with E-state index in [1.807, 2.05) is 6.07 Å². The Morgan fingerprint density at radius 2 is 2.15 bits per heavy atom. The Balaban J connectivity index is 1.72. The molecule has 1 aromatic heterocycles. The molecule has 0 aliphatic heterocycles. The molecule has 0 bridgehead atoms. The second kappa shape index (κ2) is 4.97. The summed E-state index contributed by atoms with van der Waals surface area (Å²) in [6, 6.07) is 8.22. The van der Waals surface area contributed by atoms with Gasteiger partial charge in [-0.15, -0.1) is 0 Å². The van der Waals surface area contributed by atoms with Gasteiger partial charge in [0.1, 0.15) is 11.9 Å². The number of aromatic nitrogens is 1. The van der Waals surface area contributed by atoms with Crippen molar-refractivity contribution in [1.82, 2.24) is 4.98 Å². The zero-order valence-corrected chi connectivity index (χ0v) is 11.1. The van der Waals surface area contributed by atoms with Crippen molar-refractivity contribution in [1.29, 1.82) is 5.26 Å². The van der Waals surface area contributed by atoms with Crippen LogP contribution in [0.5, 0.6) is 0 Å². The fourth-order valence-electron chi connectivity index (χ4n) is 2.14. The molecule has 2 atom stereocenters. The quantitative estimate of drug-likeness (QED) is 0.925. The van der Waals surface area contributed by atoms with Gasteiger partial charge in [-0.3, -0.25) is 0 Å². The standard InChI is InChI=1S/C15H14FN3O/c1-9-6-12(9)14-19-13(7-17)15(20-14)18-8-10-2-4-11(16)5-3-10/h2-5,9,12,18H,6,8H2,1H3. The van der Waals surface area contributed by atoms with Crippen LogP contribution in [-0.4, -0.2) is 4.98 Å². The number of hydrogen-bond acceptors (Lipinski definition) is 4. The Kier molecular flexibility index (Phi) is 3.15. The first-order chi connectivity index (χ1) is 9.67. The van der Waals surface area contributed by atoms with Gasteiger partial charge >= 0.3 is 0 Å². The van der Waals surface area contributed by atoms with Gasteiger partial charge in [0.25, 0.3) is 0 Å². The van der Waals surface area contributed by atoms with Crippen molar-refractivity contribution in [2.45, 2.75) is 25.8 Å². The molecule has 2 unspecified atom stereocenters. The van der Waals surface area contributed by atoms with Crippen LogP contribution in [0.3, 0.4) is 0 Å². The molecule has 1 heterocycles. The molecule has 3 rings (SSSR count).